The zero-order valence-electron chi connectivity index (χ0n) is 9.45. The molecule has 3 atom stereocenters. The summed E-state index contributed by atoms with van der Waals surface area (Å²) < 4.78 is 0. The Hall–Kier alpha value is -0.120. The van der Waals surface area contributed by atoms with Crippen LogP contribution in [0.5, 0.6) is 0 Å². The van der Waals surface area contributed by atoms with E-state index in [9.17, 15) is 0 Å². The summed E-state index contributed by atoms with van der Waals surface area (Å²) in [4.78, 5) is 4.97. The van der Waals surface area contributed by atoms with Crippen molar-refractivity contribution < 1.29 is 0 Å². The van der Waals surface area contributed by atoms with Crippen molar-refractivity contribution in [2.75, 3.05) is 27.2 Å². The Morgan fingerprint density at radius 3 is 2.29 bits per heavy atom. The van der Waals surface area contributed by atoms with Gasteiger partial charge >= 0.3 is 0 Å². The fraction of sp³-hybridized carbons (Fsp3) is 1.00. The molecule has 2 saturated heterocycles. The number of rotatable bonds is 3. The summed E-state index contributed by atoms with van der Waals surface area (Å²) in [5, 5.41) is 0. The maximum Gasteiger partial charge on any atom is 0.0115 e. The quantitative estimate of drug-likeness (QED) is 0.715. The monoisotopic (exact) mass is 197 g/mol. The van der Waals surface area contributed by atoms with E-state index in [1.807, 2.05) is 0 Å². The molecule has 2 aliphatic rings. The van der Waals surface area contributed by atoms with Crippen LogP contribution < -0.4 is 5.73 Å². The highest BCUT2D eigenvalue weighted by atomic mass is 15.2. The Morgan fingerprint density at radius 2 is 1.79 bits per heavy atom. The topological polar surface area (TPSA) is 32.5 Å². The van der Waals surface area contributed by atoms with E-state index in [2.05, 4.69) is 23.9 Å². The largest absolute Gasteiger partial charge is 0.328 e. The van der Waals surface area contributed by atoms with Gasteiger partial charge in [0.1, 0.15) is 0 Å². The molecule has 0 aromatic carbocycles. The minimum absolute atomic E-state index is 0.475. The van der Waals surface area contributed by atoms with Gasteiger partial charge in [-0.05, 0) is 39.8 Å². The van der Waals surface area contributed by atoms with Gasteiger partial charge in [-0.15, -0.1) is 0 Å². The first kappa shape index (κ1) is 10.4. The van der Waals surface area contributed by atoms with Crippen LogP contribution in [-0.2, 0) is 0 Å². The van der Waals surface area contributed by atoms with Crippen LogP contribution in [0.4, 0.5) is 0 Å². The molecule has 3 nitrogen and oxygen atoms in total. The molecule has 0 spiro atoms. The first-order valence-corrected chi connectivity index (χ1v) is 5.83. The molecule has 2 heterocycles. The second-order valence-electron chi connectivity index (χ2n) is 5.16. The van der Waals surface area contributed by atoms with Gasteiger partial charge in [-0.25, -0.2) is 0 Å². The van der Waals surface area contributed by atoms with Crippen LogP contribution in [0.2, 0.25) is 0 Å². The number of likely N-dealkylation sites (N-methyl/N-ethyl adjacent to an activating group) is 1. The van der Waals surface area contributed by atoms with Crippen molar-refractivity contribution in [3.8, 4) is 0 Å². The van der Waals surface area contributed by atoms with Gasteiger partial charge in [-0.3, -0.25) is 4.90 Å². The lowest BCUT2D eigenvalue weighted by molar-refractivity contribution is 0.118. The van der Waals surface area contributed by atoms with Gasteiger partial charge in [-0.1, -0.05) is 0 Å². The number of piperidine rings is 1. The van der Waals surface area contributed by atoms with Crippen molar-refractivity contribution in [2.45, 2.75) is 43.8 Å². The number of fused-ring (bicyclic) bond motifs is 2. The summed E-state index contributed by atoms with van der Waals surface area (Å²) in [5.41, 5.74) is 6.04. The van der Waals surface area contributed by atoms with Crippen LogP contribution in [0.3, 0.4) is 0 Å². The molecule has 2 fully saturated rings. The third-order valence-corrected chi connectivity index (χ3v) is 3.73. The summed E-state index contributed by atoms with van der Waals surface area (Å²) in [7, 11) is 4.30. The van der Waals surface area contributed by atoms with Crippen LogP contribution in [0.15, 0.2) is 0 Å². The van der Waals surface area contributed by atoms with Crippen LogP contribution in [0.1, 0.15) is 25.7 Å². The minimum atomic E-state index is 0.475. The van der Waals surface area contributed by atoms with Gasteiger partial charge in [0.05, 0.1) is 0 Å². The molecule has 0 amide bonds. The lowest BCUT2D eigenvalue weighted by atomic mass is 9.98. The molecular formula is C11H23N3. The van der Waals surface area contributed by atoms with E-state index >= 15 is 0 Å². The zero-order chi connectivity index (χ0) is 10.1. The van der Waals surface area contributed by atoms with E-state index in [1.165, 1.54) is 38.8 Å². The van der Waals surface area contributed by atoms with Crippen molar-refractivity contribution in [1.29, 1.82) is 0 Å². The lowest BCUT2D eigenvalue weighted by Gasteiger charge is -2.38. The average Bonchev–Trinajstić information content (AvgIpc) is 2.34. The van der Waals surface area contributed by atoms with Crippen molar-refractivity contribution >= 4 is 0 Å². The number of nitrogens with two attached hydrogens (primary N) is 1. The molecule has 2 aliphatic heterocycles. The molecule has 0 saturated carbocycles. The maximum atomic E-state index is 6.04. The molecule has 1 unspecified atom stereocenters. The fourth-order valence-corrected chi connectivity index (χ4v) is 3.00. The Morgan fingerprint density at radius 1 is 1.21 bits per heavy atom. The Labute approximate surface area is 87.2 Å². The molecule has 2 rings (SSSR count). The number of hydrogen-bond acceptors (Lipinski definition) is 3. The normalized spacial score (nSPS) is 38.1. The average molecular weight is 197 g/mol. The third-order valence-electron chi connectivity index (χ3n) is 3.73. The molecule has 0 radical (unpaired) electrons. The maximum absolute atomic E-state index is 6.04. The zero-order valence-corrected chi connectivity index (χ0v) is 9.45. The van der Waals surface area contributed by atoms with Gasteiger partial charge in [0.15, 0.2) is 0 Å². The van der Waals surface area contributed by atoms with Crippen LogP contribution in [0.25, 0.3) is 0 Å². The molecular weight excluding hydrogens is 174 g/mol. The molecule has 2 bridgehead atoms. The Balaban J connectivity index is 1.88. The first-order valence-electron chi connectivity index (χ1n) is 5.83. The van der Waals surface area contributed by atoms with Crippen LogP contribution in [0, 0.1) is 0 Å². The SMILES string of the molecule is CN(C)CCN1[C@@H]2CC[C@H]1CC(N)C2. The van der Waals surface area contributed by atoms with E-state index in [0.717, 1.165) is 12.1 Å². The highest BCUT2D eigenvalue weighted by Crippen LogP contribution is 2.34. The van der Waals surface area contributed by atoms with Crippen LogP contribution >= 0.6 is 0 Å². The van der Waals surface area contributed by atoms with E-state index in [0.29, 0.717) is 6.04 Å². The van der Waals surface area contributed by atoms with Crippen molar-refractivity contribution in [3.63, 3.8) is 0 Å². The highest BCUT2D eigenvalue weighted by Gasteiger charge is 2.38. The van der Waals surface area contributed by atoms with Crippen molar-refractivity contribution in [3.05, 3.63) is 0 Å². The standard InChI is InChI=1S/C11H23N3/c1-13(2)5-6-14-10-3-4-11(14)8-9(12)7-10/h9-11H,3-8,12H2,1-2H3/t9?,10-,11+. The van der Waals surface area contributed by atoms with Gasteiger partial charge in [0.2, 0.25) is 0 Å². The van der Waals surface area contributed by atoms with Gasteiger partial charge in [0, 0.05) is 31.2 Å². The van der Waals surface area contributed by atoms with Crippen molar-refractivity contribution in [1.82, 2.24) is 9.80 Å². The molecule has 0 aromatic rings. The predicted molar refractivity (Wildman–Crippen MR) is 59.3 cm³/mol. The van der Waals surface area contributed by atoms with Crippen molar-refractivity contribution in [2.24, 2.45) is 5.73 Å². The number of nitrogens with zero attached hydrogens (tertiary/aromatic N) is 2. The van der Waals surface area contributed by atoms with Gasteiger partial charge in [0.25, 0.3) is 0 Å². The Bertz CT molecular complexity index is 179. The van der Waals surface area contributed by atoms with E-state index in [4.69, 9.17) is 5.73 Å². The van der Waals surface area contributed by atoms with E-state index in [1.54, 1.807) is 0 Å². The minimum Gasteiger partial charge on any atom is -0.328 e. The second kappa shape index (κ2) is 4.17. The molecule has 0 aliphatic carbocycles. The summed E-state index contributed by atoms with van der Waals surface area (Å²) in [6.45, 7) is 2.41. The fourth-order valence-electron chi connectivity index (χ4n) is 3.00. The van der Waals surface area contributed by atoms with E-state index < -0.39 is 0 Å². The molecule has 2 N–H and O–H groups in total. The highest BCUT2D eigenvalue weighted by molar-refractivity contribution is 4.96. The van der Waals surface area contributed by atoms with Gasteiger partial charge < -0.3 is 10.6 Å². The molecule has 82 valence electrons. The molecule has 3 heteroatoms. The molecule has 14 heavy (non-hydrogen) atoms. The summed E-state index contributed by atoms with van der Waals surface area (Å²) in [6.07, 6.45) is 5.21. The Kier molecular flexibility index (Phi) is 3.10. The third kappa shape index (κ3) is 2.10. The smallest absolute Gasteiger partial charge is 0.0115 e. The van der Waals surface area contributed by atoms with Crippen LogP contribution in [-0.4, -0.2) is 55.1 Å². The summed E-state index contributed by atoms with van der Waals surface area (Å²) in [5.74, 6) is 0. The summed E-state index contributed by atoms with van der Waals surface area (Å²) >= 11 is 0. The lowest BCUT2D eigenvalue weighted by Crippen LogP contribution is -2.49. The van der Waals surface area contributed by atoms with E-state index in [-0.39, 0.29) is 0 Å². The molecule has 0 aromatic heterocycles. The number of hydrogen-bond donors (Lipinski definition) is 1. The van der Waals surface area contributed by atoms with Gasteiger partial charge in [-0.2, -0.15) is 0 Å². The summed E-state index contributed by atoms with van der Waals surface area (Å²) in [6, 6.07) is 2.07. The predicted octanol–water partition coefficient (Wildman–Crippen LogP) is 0.502. The first-order chi connectivity index (χ1) is 6.66. The second-order valence-corrected chi connectivity index (χ2v) is 5.16.